The minimum atomic E-state index is 0.173. The average Bonchev–Trinajstić information content (AvgIpc) is 2.59. The Morgan fingerprint density at radius 2 is 1.87 bits per heavy atom. The first-order valence-corrected chi connectivity index (χ1v) is 6.52. The van der Waals surface area contributed by atoms with Gasteiger partial charge < -0.3 is 11.1 Å². The summed E-state index contributed by atoms with van der Waals surface area (Å²) >= 11 is 0. The molecule has 2 aliphatic carbocycles. The van der Waals surface area contributed by atoms with Crippen molar-refractivity contribution in [1.29, 1.82) is 0 Å². The zero-order valence-corrected chi connectivity index (χ0v) is 10.3. The predicted molar refractivity (Wildman–Crippen MR) is 64.8 cm³/mol. The Balaban J connectivity index is 1.55. The normalized spacial score (nSPS) is 31.8. The Kier molecular flexibility index (Phi) is 3.09. The summed E-state index contributed by atoms with van der Waals surface area (Å²) in [4.78, 5) is 0. The Bertz CT molecular complexity index is 217. The lowest BCUT2D eigenvalue weighted by atomic mass is 9.95. The highest BCUT2D eigenvalue weighted by Gasteiger charge is 2.44. The van der Waals surface area contributed by atoms with Gasteiger partial charge in [0.15, 0.2) is 0 Å². The summed E-state index contributed by atoms with van der Waals surface area (Å²) in [6.07, 6.45) is 7.72. The SMILES string of the molecule is CC1(C)CC1CNCCC1(N)CCCC1. The average molecular weight is 210 g/mol. The molecule has 1 unspecified atom stereocenters. The quantitative estimate of drug-likeness (QED) is 0.683. The highest BCUT2D eigenvalue weighted by molar-refractivity contribution is 4.96. The molecule has 2 fully saturated rings. The summed E-state index contributed by atoms with van der Waals surface area (Å²) in [5.74, 6) is 0.912. The van der Waals surface area contributed by atoms with Crippen LogP contribution < -0.4 is 11.1 Å². The smallest absolute Gasteiger partial charge is 0.0166 e. The molecule has 1 atom stereocenters. The van der Waals surface area contributed by atoms with Crippen molar-refractivity contribution in [3.8, 4) is 0 Å². The van der Waals surface area contributed by atoms with E-state index in [9.17, 15) is 0 Å². The van der Waals surface area contributed by atoms with Crippen molar-refractivity contribution < 1.29 is 0 Å². The second kappa shape index (κ2) is 4.06. The Morgan fingerprint density at radius 3 is 2.40 bits per heavy atom. The van der Waals surface area contributed by atoms with Crippen LogP contribution in [0.2, 0.25) is 0 Å². The van der Waals surface area contributed by atoms with E-state index >= 15 is 0 Å². The lowest BCUT2D eigenvalue weighted by Gasteiger charge is -2.23. The summed E-state index contributed by atoms with van der Waals surface area (Å²) in [5, 5.41) is 3.58. The molecular weight excluding hydrogens is 184 g/mol. The highest BCUT2D eigenvalue weighted by atomic mass is 14.9. The molecule has 2 nitrogen and oxygen atoms in total. The summed E-state index contributed by atoms with van der Waals surface area (Å²) in [7, 11) is 0. The maximum Gasteiger partial charge on any atom is 0.0166 e. The molecule has 2 saturated carbocycles. The summed E-state index contributed by atoms with van der Waals surface area (Å²) in [5.41, 5.74) is 7.09. The van der Waals surface area contributed by atoms with Gasteiger partial charge in [0, 0.05) is 5.54 Å². The molecule has 15 heavy (non-hydrogen) atoms. The highest BCUT2D eigenvalue weighted by Crippen LogP contribution is 2.50. The Hall–Kier alpha value is -0.0800. The monoisotopic (exact) mass is 210 g/mol. The fraction of sp³-hybridized carbons (Fsp3) is 1.00. The van der Waals surface area contributed by atoms with Crippen molar-refractivity contribution >= 4 is 0 Å². The number of nitrogens with one attached hydrogen (secondary N) is 1. The van der Waals surface area contributed by atoms with Crippen LogP contribution in [0.3, 0.4) is 0 Å². The number of hydrogen-bond acceptors (Lipinski definition) is 2. The molecule has 0 aliphatic heterocycles. The van der Waals surface area contributed by atoms with Crippen molar-refractivity contribution in [3.63, 3.8) is 0 Å². The van der Waals surface area contributed by atoms with Gasteiger partial charge in [-0.3, -0.25) is 0 Å². The van der Waals surface area contributed by atoms with Gasteiger partial charge in [0.2, 0.25) is 0 Å². The molecule has 88 valence electrons. The maximum atomic E-state index is 6.30. The zero-order valence-electron chi connectivity index (χ0n) is 10.3. The molecule has 0 aromatic rings. The van der Waals surface area contributed by atoms with E-state index in [1.807, 2.05) is 0 Å². The number of hydrogen-bond donors (Lipinski definition) is 2. The van der Waals surface area contributed by atoms with E-state index in [4.69, 9.17) is 5.73 Å². The van der Waals surface area contributed by atoms with Crippen molar-refractivity contribution in [3.05, 3.63) is 0 Å². The third-order valence-corrected chi connectivity index (χ3v) is 4.51. The van der Waals surface area contributed by atoms with Crippen LogP contribution >= 0.6 is 0 Å². The van der Waals surface area contributed by atoms with Crippen molar-refractivity contribution in [2.24, 2.45) is 17.1 Å². The molecule has 0 heterocycles. The van der Waals surface area contributed by atoms with Gasteiger partial charge in [-0.05, 0) is 50.1 Å². The molecule has 0 bridgehead atoms. The van der Waals surface area contributed by atoms with Crippen LogP contribution in [0.5, 0.6) is 0 Å². The summed E-state index contributed by atoms with van der Waals surface area (Å²) in [6, 6.07) is 0. The van der Waals surface area contributed by atoms with Gasteiger partial charge in [0.1, 0.15) is 0 Å². The van der Waals surface area contributed by atoms with Gasteiger partial charge in [-0.25, -0.2) is 0 Å². The molecule has 0 radical (unpaired) electrons. The van der Waals surface area contributed by atoms with Gasteiger partial charge in [-0.2, -0.15) is 0 Å². The van der Waals surface area contributed by atoms with E-state index in [1.54, 1.807) is 0 Å². The molecule has 0 saturated heterocycles. The van der Waals surface area contributed by atoms with Crippen molar-refractivity contribution in [1.82, 2.24) is 5.32 Å². The van der Waals surface area contributed by atoms with Crippen LogP contribution in [-0.2, 0) is 0 Å². The van der Waals surface area contributed by atoms with Crippen LogP contribution in [0.1, 0.15) is 52.4 Å². The van der Waals surface area contributed by atoms with Gasteiger partial charge in [0.05, 0.1) is 0 Å². The van der Waals surface area contributed by atoms with Gasteiger partial charge in [-0.1, -0.05) is 26.7 Å². The fourth-order valence-corrected chi connectivity index (χ4v) is 2.87. The van der Waals surface area contributed by atoms with Crippen LogP contribution in [0.15, 0.2) is 0 Å². The van der Waals surface area contributed by atoms with E-state index in [1.165, 1.54) is 45.1 Å². The third kappa shape index (κ3) is 2.94. The Labute approximate surface area is 94.0 Å². The largest absolute Gasteiger partial charge is 0.325 e. The minimum absolute atomic E-state index is 0.173. The standard InChI is InChI=1S/C13H26N2/c1-12(2)9-11(12)10-15-8-7-13(14)5-3-4-6-13/h11,15H,3-10,14H2,1-2H3. The molecule has 2 rings (SSSR count). The van der Waals surface area contributed by atoms with Crippen LogP contribution in [0.4, 0.5) is 0 Å². The predicted octanol–water partition coefficient (Wildman–Crippen LogP) is 2.28. The molecule has 2 heteroatoms. The lowest BCUT2D eigenvalue weighted by molar-refractivity contribution is 0.388. The molecule has 3 N–H and O–H groups in total. The summed E-state index contributed by atoms with van der Waals surface area (Å²) < 4.78 is 0. The fourth-order valence-electron chi connectivity index (χ4n) is 2.87. The molecular formula is C13H26N2. The molecule has 0 amide bonds. The van der Waals surface area contributed by atoms with E-state index in [0.717, 1.165) is 12.5 Å². The van der Waals surface area contributed by atoms with Gasteiger partial charge in [0.25, 0.3) is 0 Å². The summed E-state index contributed by atoms with van der Waals surface area (Å²) in [6.45, 7) is 7.04. The van der Waals surface area contributed by atoms with Gasteiger partial charge >= 0.3 is 0 Å². The second-order valence-corrected chi connectivity index (χ2v) is 6.41. The van der Waals surface area contributed by atoms with E-state index in [0.29, 0.717) is 5.41 Å². The first kappa shape index (κ1) is 11.4. The minimum Gasteiger partial charge on any atom is -0.325 e. The zero-order chi connectivity index (χ0) is 10.9. The lowest BCUT2D eigenvalue weighted by Crippen LogP contribution is -2.39. The molecule has 2 aliphatic rings. The first-order chi connectivity index (χ1) is 7.02. The first-order valence-electron chi connectivity index (χ1n) is 6.52. The van der Waals surface area contributed by atoms with E-state index in [-0.39, 0.29) is 5.54 Å². The van der Waals surface area contributed by atoms with Crippen LogP contribution in [-0.4, -0.2) is 18.6 Å². The topological polar surface area (TPSA) is 38.0 Å². The molecule has 0 aromatic carbocycles. The van der Waals surface area contributed by atoms with E-state index in [2.05, 4.69) is 19.2 Å². The van der Waals surface area contributed by atoms with Crippen molar-refractivity contribution in [2.45, 2.75) is 57.9 Å². The van der Waals surface area contributed by atoms with Gasteiger partial charge in [-0.15, -0.1) is 0 Å². The molecule has 0 spiro atoms. The maximum absolute atomic E-state index is 6.30. The van der Waals surface area contributed by atoms with Crippen molar-refractivity contribution in [2.75, 3.05) is 13.1 Å². The van der Waals surface area contributed by atoms with Crippen LogP contribution in [0, 0.1) is 11.3 Å². The third-order valence-electron chi connectivity index (χ3n) is 4.51. The Morgan fingerprint density at radius 1 is 1.27 bits per heavy atom. The van der Waals surface area contributed by atoms with Crippen LogP contribution in [0.25, 0.3) is 0 Å². The molecule has 0 aromatic heterocycles. The number of nitrogens with two attached hydrogens (primary N) is 1. The second-order valence-electron chi connectivity index (χ2n) is 6.41. The van der Waals surface area contributed by atoms with E-state index < -0.39 is 0 Å². The number of rotatable bonds is 5.